The second kappa shape index (κ2) is 9.45. The third-order valence-corrected chi connectivity index (χ3v) is 5.96. The maximum Gasteiger partial charge on any atom is 0.264 e. The van der Waals surface area contributed by atoms with Gasteiger partial charge in [0, 0.05) is 5.69 Å². The van der Waals surface area contributed by atoms with Gasteiger partial charge >= 0.3 is 0 Å². The Labute approximate surface area is 177 Å². The molecule has 0 radical (unpaired) electrons. The summed E-state index contributed by atoms with van der Waals surface area (Å²) in [5.41, 5.74) is 0.971. The topological polar surface area (TPSA) is 75.7 Å². The Morgan fingerprint density at radius 1 is 0.900 bits per heavy atom. The van der Waals surface area contributed by atoms with E-state index in [9.17, 15) is 13.2 Å². The van der Waals surface area contributed by atoms with Gasteiger partial charge in [0.25, 0.3) is 10.0 Å². The predicted octanol–water partition coefficient (Wildman–Crippen LogP) is 4.31. The lowest BCUT2D eigenvalue weighted by atomic mass is 10.3. The molecule has 1 amide bonds. The molecule has 7 heteroatoms. The number of rotatable bonds is 8. The van der Waals surface area contributed by atoms with Crippen LogP contribution in [0.25, 0.3) is 0 Å². The van der Waals surface area contributed by atoms with Crippen molar-refractivity contribution in [2.75, 3.05) is 16.2 Å². The Kier molecular flexibility index (Phi) is 6.74. The first kappa shape index (κ1) is 21.4. The van der Waals surface area contributed by atoms with Gasteiger partial charge in [0.15, 0.2) is 0 Å². The Morgan fingerprint density at radius 2 is 1.47 bits per heavy atom. The van der Waals surface area contributed by atoms with E-state index in [0.717, 1.165) is 4.31 Å². The van der Waals surface area contributed by atoms with Crippen LogP contribution in [0.5, 0.6) is 5.75 Å². The van der Waals surface area contributed by atoms with Gasteiger partial charge in [-0.15, -0.1) is 0 Å². The van der Waals surface area contributed by atoms with Crippen LogP contribution in [0.3, 0.4) is 0 Å². The van der Waals surface area contributed by atoms with Gasteiger partial charge in [-0.1, -0.05) is 36.4 Å². The maximum atomic E-state index is 13.2. The van der Waals surface area contributed by atoms with Gasteiger partial charge in [-0.2, -0.15) is 0 Å². The Balaban J connectivity index is 1.81. The molecule has 0 unspecified atom stereocenters. The quantitative estimate of drug-likeness (QED) is 0.585. The van der Waals surface area contributed by atoms with Crippen molar-refractivity contribution in [3.8, 4) is 5.75 Å². The first-order chi connectivity index (χ1) is 14.4. The zero-order valence-corrected chi connectivity index (χ0v) is 17.7. The fraction of sp³-hybridized carbons (Fsp3) is 0.174. The largest absolute Gasteiger partial charge is 0.491 e. The van der Waals surface area contributed by atoms with Crippen LogP contribution in [0.2, 0.25) is 0 Å². The molecule has 156 valence electrons. The fourth-order valence-corrected chi connectivity index (χ4v) is 4.29. The van der Waals surface area contributed by atoms with Crippen molar-refractivity contribution < 1.29 is 17.9 Å². The second-order valence-corrected chi connectivity index (χ2v) is 8.76. The van der Waals surface area contributed by atoms with Gasteiger partial charge in [0.2, 0.25) is 5.91 Å². The number of amides is 1. The maximum absolute atomic E-state index is 13.2. The summed E-state index contributed by atoms with van der Waals surface area (Å²) in [6.07, 6.45) is 0.0491. The molecular weight excluding hydrogens is 400 g/mol. The molecule has 0 saturated heterocycles. The molecule has 0 atom stereocenters. The molecule has 0 aliphatic heterocycles. The standard InChI is InChI=1S/C23H24N2O4S/c1-18(2)29-21-15-13-19(14-16-21)24-23(26)17-25(20-9-5-3-6-10-20)30(27,28)22-11-7-4-8-12-22/h3-16,18H,17H2,1-2H3,(H,24,26). The average molecular weight is 425 g/mol. The SMILES string of the molecule is CC(C)Oc1ccc(NC(=O)CN(c2ccccc2)S(=O)(=O)c2ccccc2)cc1. The molecule has 0 aromatic heterocycles. The van der Waals surface area contributed by atoms with Crippen LogP contribution in [-0.4, -0.2) is 27.0 Å². The number of ether oxygens (including phenoxy) is 1. The van der Waals surface area contributed by atoms with E-state index >= 15 is 0 Å². The Morgan fingerprint density at radius 3 is 2.03 bits per heavy atom. The number of nitrogens with zero attached hydrogens (tertiary/aromatic N) is 1. The number of nitrogens with one attached hydrogen (secondary N) is 1. The molecule has 3 rings (SSSR count). The summed E-state index contributed by atoms with van der Waals surface area (Å²) in [5, 5.41) is 2.75. The van der Waals surface area contributed by atoms with Crippen molar-refractivity contribution in [2.45, 2.75) is 24.8 Å². The first-order valence-electron chi connectivity index (χ1n) is 9.55. The lowest BCUT2D eigenvalue weighted by Gasteiger charge is -2.24. The molecule has 0 heterocycles. The summed E-state index contributed by atoms with van der Waals surface area (Å²) in [5.74, 6) is 0.247. The summed E-state index contributed by atoms with van der Waals surface area (Å²) < 4.78 is 33.1. The van der Waals surface area contributed by atoms with E-state index in [1.54, 1.807) is 72.8 Å². The number of sulfonamides is 1. The fourth-order valence-electron chi connectivity index (χ4n) is 2.85. The second-order valence-electron chi connectivity index (χ2n) is 6.90. The van der Waals surface area contributed by atoms with Crippen LogP contribution in [0, 0.1) is 0 Å². The smallest absolute Gasteiger partial charge is 0.264 e. The molecule has 0 spiro atoms. The summed E-state index contributed by atoms with van der Waals surface area (Å²) >= 11 is 0. The van der Waals surface area contributed by atoms with Gasteiger partial charge < -0.3 is 10.1 Å². The van der Waals surface area contributed by atoms with Crippen molar-refractivity contribution in [3.63, 3.8) is 0 Å². The van der Waals surface area contributed by atoms with Crippen molar-refractivity contribution in [3.05, 3.63) is 84.9 Å². The molecule has 30 heavy (non-hydrogen) atoms. The Bertz CT molecular complexity index is 1070. The number of carbonyl (C=O) groups is 1. The van der Waals surface area contributed by atoms with Crippen molar-refractivity contribution >= 4 is 27.3 Å². The van der Waals surface area contributed by atoms with Gasteiger partial charge in [0.05, 0.1) is 16.7 Å². The highest BCUT2D eigenvalue weighted by Crippen LogP contribution is 2.23. The number of hydrogen-bond donors (Lipinski definition) is 1. The van der Waals surface area contributed by atoms with E-state index in [2.05, 4.69) is 5.32 Å². The first-order valence-corrected chi connectivity index (χ1v) is 11.0. The van der Waals surface area contributed by atoms with Crippen molar-refractivity contribution in [2.24, 2.45) is 0 Å². The van der Waals surface area contributed by atoms with Crippen LogP contribution < -0.4 is 14.4 Å². The van der Waals surface area contributed by atoms with E-state index in [-0.39, 0.29) is 17.5 Å². The van der Waals surface area contributed by atoms with Crippen molar-refractivity contribution in [1.29, 1.82) is 0 Å². The average Bonchev–Trinajstić information content (AvgIpc) is 2.74. The van der Waals surface area contributed by atoms with E-state index in [4.69, 9.17) is 4.74 Å². The van der Waals surface area contributed by atoms with E-state index in [1.807, 2.05) is 13.8 Å². The number of hydrogen-bond acceptors (Lipinski definition) is 4. The minimum Gasteiger partial charge on any atom is -0.491 e. The molecule has 0 aliphatic carbocycles. The third-order valence-electron chi connectivity index (χ3n) is 4.17. The minimum absolute atomic E-state index is 0.0491. The number of benzene rings is 3. The van der Waals surface area contributed by atoms with Gasteiger partial charge in [-0.25, -0.2) is 8.42 Å². The zero-order valence-electron chi connectivity index (χ0n) is 16.9. The zero-order chi connectivity index (χ0) is 21.6. The number of carbonyl (C=O) groups excluding carboxylic acids is 1. The number of para-hydroxylation sites is 1. The summed E-state index contributed by atoms with van der Waals surface area (Å²) in [6, 6.07) is 23.6. The van der Waals surface area contributed by atoms with Crippen LogP contribution in [0.15, 0.2) is 89.8 Å². The summed E-state index contributed by atoms with van der Waals surface area (Å²) in [7, 11) is -3.91. The van der Waals surface area contributed by atoms with Crippen LogP contribution in [0.4, 0.5) is 11.4 Å². The Hall–Kier alpha value is -3.32. The van der Waals surface area contributed by atoms with Gasteiger partial charge in [0.1, 0.15) is 12.3 Å². The molecule has 0 saturated carbocycles. The minimum atomic E-state index is -3.91. The monoisotopic (exact) mass is 424 g/mol. The summed E-state index contributed by atoms with van der Waals surface area (Å²) in [4.78, 5) is 12.8. The van der Waals surface area contributed by atoms with Gasteiger partial charge in [-0.3, -0.25) is 9.10 Å². The van der Waals surface area contributed by atoms with Crippen LogP contribution in [0.1, 0.15) is 13.8 Å². The highest BCUT2D eigenvalue weighted by atomic mass is 32.2. The lowest BCUT2D eigenvalue weighted by Crippen LogP contribution is -2.38. The molecule has 3 aromatic carbocycles. The van der Waals surface area contributed by atoms with Crippen LogP contribution >= 0.6 is 0 Å². The molecule has 0 fully saturated rings. The normalized spacial score (nSPS) is 11.2. The molecule has 1 N–H and O–H groups in total. The highest BCUT2D eigenvalue weighted by Gasteiger charge is 2.27. The van der Waals surface area contributed by atoms with E-state index in [1.165, 1.54) is 12.1 Å². The highest BCUT2D eigenvalue weighted by molar-refractivity contribution is 7.92. The van der Waals surface area contributed by atoms with E-state index < -0.39 is 15.9 Å². The van der Waals surface area contributed by atoms with Gasteiger partial charge in [-0.05, 0) is 62.4 Å². The number of anilines is 2. The third kappa shape index (κ3) is 5.39. The van der Waals surface area contributed by atoms with Crippen molar-refractivity contribution in [1.82, 2.24) is 0 Å². The van der Waals surface area contributed by atoms with Crippen LogP contribution in [-0.2, 0) is 14.8 Å². The lowest BCUT2D eigenvalue weighted by molar-refractivity contribution is -0.114. The molecule has 3 aromatic rings. The van der Waals surface area contributed by atoms with E-state index in [0.29, 0.717) is 17.1 Å². The molecule has 0 bridgehead atoms. The molecule has 6 nitrogen and oxygen atoms in total. The molecular formula is C23H24N2O4S. The predicted molar refractivity (Wildman–Crippen MR) is 118 cm³/mol. The molecule has 0 aliphatic rings. The summed E-state index contributed by atoms with van der Waals surface area (Å²) in [6.45, 7) is 3.51.